The van der Waals surface area contributed by atoms with Gasteiger partial charge in [0, 0.05) is 18.7 Å². The molecule has 5 heteroatoms. The Morgan fingerprint density at radius 2 is 1.90 bits per heavy atom. The van der Waals surface area contributed by atoms with Gasteiger partial charge in [0.05, 0.1) is 23.0 Å². The number of nitrogens with one attached hydrogen (secondary N) is 1. The molecule has 1 aromatic heterocycles. The van der Waals surface area contributed by atoms with E-state index in [1.807, 2.05) is 28.9 Å². The lowest BCUT2D eigenvalue weighted by atomic mass is 9.95. The largest absolute Gasteiger partial charge is 0.369 e. The Bertz CT molecular complexity index is 1050. The maximum Gasteiger partial charge on any atom is 0.133 e. The average molecular weight is 383 g/mol. The molecule has 1 unspecified atom stereocenters. The van der Waals surface area contributed by atoms with Crippen LogP contribution in [0.1, 0.15) is 47.7 Å². The second-order valence-electron chi connectivity index (χ2n) is 7.90. The first-order chi connectivity index (χ1) is 14.3. The molecular weight excluding hydrogens is 358 g/mol. The Hall–Kier alpha value is -3.10. The summed E-state index contributed by atoms with van der Waals surface area (Å²) in [5.74, 6) is 1.06. The number of aromatic nitrogens is 2. The standard InChI is InChI=1S/C24H25N5/c25-16-19-10-4-5-11-21(19)29-24-20(13-14-26-24)23(27-29)22-12-6-7-15-28(22)17-18-8-2-1-3-9-18/h1-5,8-11,22,26H,6-7,12-15,17H2. The number of para-hydroxylation sites is 1. The van der Waals surface area contributed by atoms with Crippen LogP contribution in [-0.4, -0.2) is 27.8 Å². The van der Waals surface area contributed by atoms with Gasteiger partial charge in [0.15, 0.2) is 0 Å². The van der Waals surface area contributed by atoms with Crippen molar-refractivity contribution in [2.24, 2.45) is 0 Å². The first-order valence-electron chi connectivity index (χ1n) is 10.5. The normalized spacial score (nSPS) is 18.8. The molecule has 1 N–H and O–H groups in total. The molecule has 3 heterocycles. The fourth-order valence-corrected chi connectivity index (χ4v) is 4.70. The summed E-state index contributed by atoms with van der Waals surface area (Å²) in [6, 6.07) is 21.1. The molecule has 1 saturated heterocycles. The number of anilines is 1. The van der Waals surface area contributed by atoms with E-state index in [-0.39, 0.29) is 0 Å². The number of hydrogen-bond donors (Lipinski definition) is 1. The van der Waals surface area contributed by atoms with E-state index >= 15 is 0 Å². The van der Waals surface area contributed by atoms with Crippen molar-refractivity contribution in [2.75, 3.05) is 18.4 Å². The van der Waals surface area contributed by atoms with Crippen molar-refractivity contribution in [3.63, 3.8) is 0 Å². The highest BCUT2D eigenvalue weighted by atomic mass is 15.4. The highest BCUT2D eigenvalue weighted by molar-refractivity contribution is 5.60. The van der Waals surface area contributed by atoms with Gasteiger partial charge >= 0.3 is 0 Å². The number of nitriles is 1. The van der Waals surface area contributed by atoms with Gasteiger partial charge in [0.1, 0.15) is 11.9 Å². The molecule has 5 rings (SSSR count). The maximum absolute atomic E-state index is 9.57. The summed E-state index contributed by atoms with van der Waals surface area (Å²) in [7, 11) is 0. The van der Waals surface area contributed by atoms with Crippen LogP contribution in [-0.2, 0) is 13.0 Å². The van der Waals surface area contributed by atoms with Crippen LogP contribution in [0.4, 0.5) is 5.82 Å². The molecule has 29 heavy (non-hydrogen) atoms. The van der Waals surface area contributed by atoms with E-state index in [1.165, 1.54) is 29.7 Å². The highest BCUT2D eigenvalue weighted by Crippen LogP contribution is 2.39. The topological polar surface area (TPSA) is 56.9 Å². The minimum absolute atomic E-state index is 0.327. The third-order valence-electron chi connectivity index (χ3n) is 6.09. The molecule has 0 radical (unpaired) electrons. The number of fused-ring (bicyclic) bond motifs is 1. The fraction of sp³-hybridized carbons (Fsp3) is 0.333. The first kappa shape index (κ1) is 18.0. The lowest BCUT2D eigenvalue weighted by Crippen LogP contribution is -2.33. The third kappa shape index (κ3) is 3.30. The van der Waals surface area contributed by atoms with Crippen LogP contribution in [0.3, 0.4) is 0 Å². The van der Waals surface area contributed by atoms with E-state index in [9.17, 15) is 5.26 Å². The van der Waals surface area contributed by atoms with Crippen molar-refractivity contribution in [3.05, 3.63) is 77.0 Å². The third-order valence-corrected chi connectivity index (χ3v) is 6.09. The van der Waals surface area contributed by atoms with Gasteiger partial charge in [0.25, 0.3) is 0 Å². The van der Waals surface area contributed by atoms with E-state index in [0.29, 0.717) is 11.6 Å². The van der Waals surface area contributed by atoms with Crippen molar-refractivity contribution in [1.82, 2.24) is 14.7 Å². The molecule has 0 amide bonds. The molecule has 1 fully saturated rings. The zero-order valence-corrected chi connectivity index (χ0v) is 16.5. The molecule has 2 aliphatic heterocycles. The van der Waals surface area contributed by atoms with Gasteiger partial charge in [-0.1, -0.05) is 48.9 Å². The van der Waals surface area contributed by atoms with Gasteiger partial charge < -0.3 is 5.32 Å². The summed E-state index contributed by atoms with van der Waals surface area (Å²) in [5.41, 5.74) is 5.37. The van der Waals surface area contributed by atoms with E-state index in [4.69, 9.17) is 5.10 Å². The predicted octanol–water partition coefficient (Wildman–Crippen LogP) is 4.44. The minimum atomic E-state index is 0.327. The molecule has 0 aliphatic carbocycles. The average Bonchev–Trinajstić information content (AvgIpc) is 3.38. The smallest absolute Gasteiger partial charge is 0.133 e. The molecule has 2 aromatic carbocycles. The second-order valence-corrected chi connectivity index (χ2v) is 7.90. The van der Waals surface area contributed by atoms with Gasteiger partial charge in [-0.25, -0.2) is 4.68 Å². The van der Waals surface area contributed by atoms with Crippen LogP contribution in [0.15, 0.2) is 54.6 Å². The molecular formula is C24H25N5. The number of hydrogen-bond acceptors (Lipinski definition) is 4. The molecule has 2 aliphatic rings. The van der Waals surface area contributed by atoms with Crippen LogP contribution in [0, 0.1) is 11.3 Å². The van der Waals surface area contributed by atoms with E-state index in [1.54, 1.807) is 0 Å². The monoisotopic (exact) mass is 383 g/mol. The number of likely N-dealkylation sites (tertiary alicyclic amines) is 1. The van der Waals surface area contributed by atoms with Crippen LogP contribution in [0.25, 0.3) is 5.69 Å². The Morgan fingerprint density at radius 1 is 1.07 bits per heavy atom. The lowest BCUT2D eigenvalue weighted by Gasteiger charge is -2.35. The van der Waals surface area contributed by atoms with Crippen molar-refractivity contribution in [3.8, 4) is 11.8 Å². The number of benzene rings is 2. The summed E-state index contributed by atoms with van der Waals surface area (Å²) < 4.78 is 1.96. The van der Waals surface area contributed by atoms with Crippen LogP contribution < -0.4 is 5.32 Å². The Kier molecular flexibility index (Phi) is 4.79. The van der Waals surface area contributed by atoms with Gasteiger partial charge in [-0.15, -0.1) is 0 Å². The Morgan fingerprint density at radius 3 is 2.76 bits per heavy atom. The van der Waals surface area contributed by atoms with Crippen molar-refractivity contribution in [2.45, 2.75) is 38.3 Å². The zero-order valence-electron chi connectivity index (χ0n) is 16.5. The summed E-state index contributed by atoms with van der Waals surface area (Å²) in [6.45, 7) is 2.99. The minimum Gasteiger partial charge on any atom is -0.369 e. The summed E-state index contributed by atoms with van der Waals surface area (Å²) in [4.78, 5) is 2.58. The zero-order chi connectivity index (χ0) is 19.6. The van der Waals surface area contributed by atoms with Crippen LogP contribution in [0.2, 0.25) is 0 Å². The molecule has 5 nitrogen and oxygen atoms in total. The van der Waals surface area contributed by atoms with Crippen molar-refractivity contribution < 1.29 is 0 Å². The number of piperidine rings is 1. The summed E-state index contributed by atoms with van der Waals surface area (Å²) >= 11 is 0. The van der Waals surface area contributed by atoms with Crippen molar-refractivity contribution >= 4 is 5.82 Å². The molecule has 0 saturated carbocycles. The SMILES string of the molecule is N#Cc1ccccc1-n1nc(C2CCCCN2Cc2ccccc2)c2c1NCC2. The van der Waals surface area contributed by atoms with Crippen LogP contribution in [0.5, 0.6) is 0 Å². The summed E-state index contributed by atoms with van der Waals surface area (Å²) in [6.07, 6.45) is 4.60. The molecule has 0 spiro atoms. The molecule has 3 aromatic rings. The highest BCUT2D eigenvalue weighted by Gasteiger charge is 2.33. The summed E-state index contributed by atoms with van der Waals surface area (Å²) in [5, 5.41) is 18.2. The maximum atomic E-state index is 9.57. The van der Waals surface area contributed by atoms with E-state index < -0.39 is 0 Å². The van der Waals surface area contributed by atoms with Gasteiger partial charge in [0.2, 0.25) is 0 Å². The van der Waals surface area contributed by atoms with Gasteiger partial charge in [-0.3, -0.25) is 4.90 Å². The number of rotatable bonds is 4. The fourth-order valence-electron chi connectivity index (χ4n) is 4.70. The Balaban J connectivity index is 1.54. The van der Waals surface area contributed by atoms with Crippen LogP contribution >= 0.6 is 0 Å². The number of nitrogens with zero attached hydrogens (tertiary/aromatic N) is 4. The Labute approximate surface area is 171 Å². The van der Waals surface area contributed by atoms with Gasteiger partial charge in [-0.2, -0.15) is 10.4 Å². The lowest BCUT2D eigenvalue weighted by molar-refractivity contribution is 0.136. The molecule has 0 bridgehead atoms. The van der Waals surface area contributed by atoms with E-state index in [0.717, 1.165) is 44.0 Å². The first-order valence-corrected chi connectivity index (χ1v) is 10.5. The molecule has 146 valence electrons. The van der Waals surface area contributed by atoms with Crippen molar-refractivity contribution in [1.29, 1.82) is 5.26 Å². The quantitative estimate of drug-likeness (QED) is 0.724. The van der Waals surface area contributed by atoms with E-state index in [2.05, 4.69) is 46.6 Å². The van der Waals surface area contributed by atoms with Gasteiger partial charge in [-0.05, 0) is 43.5 Å². The second kappa shape index (κ2) is 7.73. The predicted molar refractivity (Wildman–Crippen MR) is 114 cm³/mol. The molecule has 1 atom stereocenters.